The molecule has 0 heterocycles. The molecule has 1 amide bonds. The number of carbonyl (C=O) groups excluding carboxylic acids is 1. The number of nitrogens with zero attached hydrogens (tertiary/aromatic N) is 2. The van der Waals surface area contributed by atoms with Crippen LogP contribution in [0.3, 0.4) is 0 Å². The molecule has 0 aliphatic heterocycles. The molecule has 1 aromatic rings. The van der Waals surface area contributed by atoms with E-state index in [4.69, 9.17) is 0 Å². The lowest BCUT2D eigenvalue weighted by Crippen LogP contribution is -2.17. The predicted octanol–water partition coefficient (Wildman–Crippen LogP) is 2.42. The van der Waals surface area contributed by atoms with Crippen molar-refractivity contribution in [3.05, 3.63) is 39.4 Å². The number of unbranched alkanes of at least 4 members (excludes halogenated alkanes) is 1. The summed E-state index contributed by atoms with van der Waals surface area (Å²) in [5.74, 6) is -0.453. The monoisotopic (exact) mass is 249 g/mol. The Bertz CT molecular complexity index is 483. The number of amides is 1. The van der Waals surface area contributed by atoms with Crippen LogP contribution in [0.1, 0.15) is 35.7 Å². The number of nitrogens with one attached hydrogen (secondary N) is 1. The predicted molar refractivity (Wildman–Crippen MR) is 68.7 cm³/mol. The van der Waals surface area contributed by atoms with Crippen molar-refractivity contribution in [3.63, 3.8) is 0 Å². The topological polar surface area (TPSA) is 84.6 Å². The molecule has 0 aliphatic rings. The Labute approximate surface area is 105 Å². The van der Waals surface area contributed by atoms with Gasteiger partial charge in [-0.3, -0.25) is 14.9 Å². The number of nitro groups is 1. The summed E-state index contributed by atoms with van der Waals surface area (Å²) in [4.78, 5) is 21.9. The molecular formula is C12H15N3O3. The Morgan fingerprint density at radius 2 is 2.28 bits per heavy atom. The first kappa shape index (κ1) is 13.8. The van der Waals surface area contributed by atoms with Crippen LogP contribution in [0.25, 0.3) is 0 Å². The minimum absolute atomic E-state index is 0.0693. The van der Waals surface area contributed by atoms with E-state index in [1.165, 1.54) is 12.1 Å². The third kappa shape index (κ3) is 3.65. The van der Waals surface area contributed by atoms with Crippen molar-refractivity contribution in [1.29, 1.82) is 0 Å². The van der Waals surface area contributed by atoms with E-state index < -0.39 is 10.8 Å². The van der Waals surface area contributed by atoms with Crippen LogP contribution in [-0.2, 0) is 0 Å². The van der Waals surface area contributed by atoms with E-state index in [9.17, 15) is 14.9 Å². The molecule has 1 aromatic carbocycles. The van der Waals surface area contributed by atoms with Crippen molar-refractivity contribution >= 4 is 17.8 Å². The summed E-state index contributed by atoms with van der Waals surface area (Å²) in [6.07, 6.45) is 3.31. The molecule has 0 aromatic heterocycles. The highest BCUT2D eigenvalue weighted by Crippen LogP contribution is 2.19. The van der Waals surface area contributed by atoms with Gasteiger partial charge in [0, 0.05) is 23.4 Å². The fraction of sp³-hybridized carbons (Fsp3) is 0.333. The van der Waals surface area contributed by atoms with Crippen LogP contribution in [0.2, 0.25) is 0 Å². The highest BCUT2D eigenvalue weighted by Gasteiger charge is 2.14. The number of aryl methyl sites for hydroxylation is 1. The van der Waals surface area contributed by atoms with Gasteiger partial charge < -0.3 is 0 Å². The Kier molecular flexibility index (Phi) is 4.98. The van der Waals surface area contributed by atoms with Crippen molar-refractivity contribution in [2.75, 3.05) is 0 Å². The lowest BCUT2D eigenvalue weighted by molar-refractivity contribution is -0.385. The van der Waals surface area contributed by atoms with Gasteiger partial charge in [0.05, 0.1) is 4.92 Å². The standard InChI is InChI=1S/C12H15N3O3/c1-3-4-7-13-14-12(16)10-6-5-9(2)11(8-10)15(17)18/h5-8H,3-4H2,1-2H3,(H,14,16)/b13-7+. The van der Waals surface area contributed by atoms with Gasteiger partial charge in [-0.25, -0.2) is 5.43 Å². The molecule has 0 bridgehead atoms. The van der Waals surface area contributed by atoms with Crippen LogP contribution in [-0.4, -0.2) is 17.0 Å². The summed E-state index contributed by atoms with van der Waals surface area (Å²) in [6, 6.07) is 4.33. The molecule has 6 nitrogen and oxygen atoms in total. The van der Waals surface area contributed by atoms with Crippen molar-refractivity contribution in [1.82, 2.24) is 5.43 Å². The van der Waals surface area contributed by atoms with Crippen molar-refractivity contribution in [2.45, 2.75) is 26.7 Å². The van der Waals surface area contributed by atoms with Crippen molar-refractivity contribution in [3.8, 4) is 0 Å². The van der Waals surface area contributed by atoms with Crippen molar-refractivity contribution in [2.24, 2.45) is 5.10 Å². The van der Waals surface area contributed by atoms with E-state index in [1.807, 2.05) is 6.92 Å². The zero-order valence-electron chi connectivity index (χ0n) is 10.3. The average Bonchev–Trinajstić information content (AvgIpc) is 2.34. The van der Waals surface area contributed by atoms with Crippen LogP contribution in [0.4, 0.5) is 5.69 Å². The number of hydrogen-bond acceptors (Lipinski definition) is 4. The molecule has 0 spiro atoms. The van der Waals surface area contributed by atoms with E-state index in [1.54, 1.807) is 19.2 Å². The molecule has 1 rings (SSSR count). The molecule has 6 heteroatoms. The summed E-state index contributed by atoms with van der Waals surface area (Å²) in [5.41, 5.74) is 3.00. The number of hydrazone groups is 1. The maximum absolute atomic E-state index is 11.6. The largest absolute Gasteiger partial charge is 0.273 e. The SMILES string of the molecule is CCC/C=N/NC(=O)c1ccc(C)c([N+](=O)[O-])c1. The normalized spacial score (nSPS) is 10.6. The first-order valence-corrected chi connectivity index (χ1v) is 5.63. The number of rotatable bonds is 5. The average molecular weight is 249 g/mol. The molecule has 96 valence electrons. The quantitative estimate of drug-likeness (QED) is 0.494. The summed E-state index contributed by atoms with van der Waals surface area (Å²) < 4.78 is 0. The Hall–Kier alpha value is -2.24. The summed E-state index contributed by atoms with van der Waals surface area (Å²) >= 11 is 0. The van der Waals surface area contributed by atoms with Gasteiger partial charge in [-0.15, -0.1) is 0 Å². The molecular weight excluding hydrogens is 234 g/mol. The maximum atomic E-state index is 11.6. The van der Waals surface area contributed by atoms with E-state index in [-0.39, 0.29) is 11.3 Å². The first-order valence-electron chi connectivity index (χ1n) is 5.63. The Morgan fingerprint density at radius 3 is 2.89 bits per heavy atom. The first-order chi connectivity index (χ1) is 8.56. The van der Waals surface area contributed by atoms with Crippen molar-refractivity contribution < 1.29 is 9.72 Å². The van der Waals surface area contributed by atoms with Gasteiger partial charge in [-0.1, -0.05) is 19.4 Å². The van der Waals surface area contributed by atoms with Gasteiger partial charge in [-0.05, 0) is 19.4 Å². The van der Waals surface area contributed by atoms with Crippen LogP contribution in [0, 0.1) is 17.0 Å². The summed E-state index contributed by atoms with van der Waals surface area (Å²) in [5, 5.41) is 14.5. The highest BCUT2D eigenvalue weighted by atomic mass is 16.6. The van der Waals surface area contributed by atoms with Crippen LogP contribution < -0.4 is 5.43 Å². The van der Waals surface area contributed by atoms with Crippen LogP contribution >= 0.6 is 0 Å². The Balaban J connectivity index is 2.80. The number of nitro benzene ring substituents is 1. The molecule has 18 heavy (non-hydrogen) atoms. The molecule has 0 atom stereocenters. The third-order valence-electron chi connectivity index (χ3n) is 2.34. The highest BCUT2D eigenvalue weighted by molar-refractivity contribution is 5.95. The molecule has 0 radical (unpaired) electrons. The van der Waals surface area contributed by atoms with Crippen LogP contribution in [0.5, 0.6) is 0 Å². The second-order valence-electron chi connectivity index (χ2n) is 3.80. The second-order valence-corrected chi connectivity index (χ2v) is 3.80. The van der Waals surface area contributed by atoms with Gasteiger partial charge in [0.2, 0.25) is 0 Å². The molecule has 0 fully saturated rings. The summed E-state index contributed by atoms with van der Waals surface area (Å²) in [7, 11) is 0. The van der Waals surface area contributed by atoms with E-state index in [0.717, 1.165) is 12.8 Å². The smallest absolute Gasteiger partial charge is 0.267 e. The van der Waals surface area contributed by atoms with Gasteiger partial charge in [0.25, 0.3) is 11.6 Å². The van der Waals surface area contributed by atoms with E-state index in [0.29, 0.717) is 5.56 Å². The lowest BCUT2D eigenvalue weighted by Gasteiger charge is -2.01. The second kappa shape index (κ2) is 6.48. The van der Waals surface area contributed by atoms with E-state index in [2.05, 4.69) is 10.5 Å². The molecule has 0 unspecified atom stereocenters. The van der Waals surface area contributed by atoms with Gasteiger partial charge in [0.15, 0.2) is 0 Å². The zero-order chi connectivity index (χ0) is 13.5. The Morgan fingerprint density at radius 1 is 1.56 bits per heavy atom. The molecule has 1 N–H and O–H groups in total. The zero-order valence-corrected chi connectivity index (χ0v) is 10.3. The number of hydrogen-bond donors (Lipinski definition) is 1. The maximum Gasteiger partial charge on any atom is 0.273 e. The number of carbonyl (C=O) groups is 1. The van der Waals surface area contributed by atoms with Gasteiger partial charge in [0.1, 0.15) is 0 Å². The molecule has 0 aliphatic carbocycles. The molecule has 0 saturated carbocycles. The number of benzene rings is 1. The van der Waals surface area contributed by atoms with Crippen LogP contribution in [0.15, 0.2) is 23.3 Å². The fourth-order valence-electron chi connectivity index (χ4n) is 1.31. The lowest BCUT2D eigenvalue weighted by atomic mass is 10.1. The molecule has 0 saturated heterocycles. The van der Waals surface area contributed by atoms with Gasteiger partial charge >= 0.3 is 0 Å². The minimum Gasteiger partial charge on any atom is -0.267 e. The summed E-state index contributed by atoms with van der Waals surface area (Å²) in [6.45, 7) is 3.62. The van der Waals surface area contributed by atoms with E-state index >= 15 is 0 Å². The third-order valence-corrected chi connectivity index (χ3v) is 2.34. The van der Waals surface area contributed by atoms with Gasteiger partial charge in [-0.2, -0.15) is 5.10 Å². The fourth-order valence-corrected chi connectivity index (χ4v) is 1.31. The minimum atomic E-state index is -0.507.